The second kappa shape index (κ2) is 16.3. The maximum atomic E-state index is 10.9. The quantitative estimate of drug-likeness (QED) is 0.0994. The van der Waals surface area contributed by atoms with Gasteiger partial charge in [0.15, 0.2) is 22.1 Å². The number of halogens is 4. The van der Waals surface area contributed by atoms with Gasteiger partial charge in [0.05, 0.1) is 19.9 Å². The van der Waals surface area contributed by atoms with E-state index in [1.165, 1.54) is 19.2 Å². The molecular weight excluding hydrogens is 756 g/mol. The molecule has 0 aliphatic rings. The van der Waals surface area contributed by atoms with Crippen molar-refractivity contribution in [2.24, 2.45) is 0 Å². The molecule has 4 aromatic rings. The summed E-state index contributed by atoms with van der Waals surface area (Å²) in [4.78, 5) is 17.8. The summed E-state index contributed by atoms with van der Waals surface area (Å²) in [5.74, 6) is 0. The number of nitro groups is 1. The minimum atomic E-state index is -0.545. The van der Waals surface area contributed by atoms with Crippen LogP contribution in [0.2, 0.25) is 0 Å². The van der Waals surface area contributed by atoms with E-state index >= 15 is 0 Å². The van der Waals surface area contributed by atoms with Gasteiger partial charge in [0.25, 0.3) is 5.69 Å². The van der Waals surface area contributed by atoms with Crippen molar-refractivity contribution >= 4 is 75.1 Å². The zero-order valence-electron chi connectivity index (χ0n) is 20.7. The van der Waals surface area contributed by atoms with E-state index in [4.69, 9.17) is 5.73 Å². The monoisotopic (exact) mass is 776 g/mol. The molecule has 14 heteroatoms. The Balaban J connectivity index is 0.000000256. The Hall–Kier alpha value is -2.68. The smallest absolute Gasteiger partial charge is 0.295 e. The van der Waals surface area contributed by atoms with Crippen LogP contribution in [-0.2, 0) is 0 Å². The van der Waals surface area contributed by atoms with Crippen LogP contribution in [0, 0.1) is 48.2 Å². The molecule has 0 aromatic carbocycles. The van der Waals surface area contributed by atoms with E-state index in [-0.39, 0.29) is 10.2 Å². The lowest BCUT2D eigenvalue weighted by Gasteiger charge is -2.00. The molecule has 2 N–H and O–H groups in total. The molecule has 0 aliphatic carbocycles. The Morgan fingerprint density at radius 1 is 0.763 bits per heavy atom. The maximum absolute atomic E-state index is 10.9. The number of aromatic nitrogens is 4. The molecule has 4 rings (SSSR count). The molecule has 0 atom stereocenters. The minimum Gasteiger partial charge on any atom is -0.618 e. The first kappa shape index (κ1) is 33.3. The standard InChI is InChI=1S/C6H5BrN2O3.C6H7BrN2.C6H6BrNO.C6H6BrN/c1-4-2-6(9(11)12)5(7)3-8(4)10;1-4-2-6(8)5(7)3-9-4;1-5-2-3-6(7)4-8(5)9;1-5-2-3-6(7)4-8-5/h2-3H,1H3;2-3H,1H3,(H2,8,9);2-4H,1H3;2-4H,1H3. The molecule has 4 heterocycles. The summed E-state index contributed by atoms with van der Waals surface area (Å²) in [6, 6.07) is 10.6. The lowest BCUT2D eigenvalue weighted by Crippen LogP contribution is -2.29. The average Bonchev–Trinajstić information content (AvgIpc) is 2.84. The Kier molecular flexibility index (Phi) is 14.3. The molecular formula is C24H24Br4N6O4. The molecule has 38 heavy (non-hydrogen) atoms. The van der Waals surface area contributed by atoms with Crippen LogP contribution in [0.5, 0.6) is 0 Å². The summed E-state index contributed by atoms with van der Waals surface area (Å²) in [5.41, 5.74) is 9.17. The van der Waals surface area contributed by atoms with E-state index in [1.54, 1.807) is 25.4 Å². The van der Waals surface area contributed by atoms with Gasteiger partial charge in [0, 0.05) is 53.9 Å². The summed E-state index contributed by atoms with van der Waals surface area (Å²) in [5, 5.41) is 32.0. The van der Waals surface area contributed by atoms with Gasteiger partial charge in [0.2, 0.25) is 6.20 Å². The molecule has 0 fully saturated rings. The topological polar surface area (TPSA) is 149 Å². The fraction of sp³-hybridized carbons (Fsp3) is 0.167. The molecule has 0 aliphatic heterocycles. The van der Waals surface area contributed by atoms with E-state index < -0.39 is 4.92 Å². The third-order valence-electron chi connectivity index (χ3n) is 4.33. The zero-order chi connectivity index (χ0) is 29.0. The van der Waals surface area contributed by atoms with E-state index in [0.29, 0.717) is 16.1 Å². The summed E-state index contributed by atoms with van der Waals surface area (Å²) >= 11 is 12.6. The number of nitrogens with two attached hydrogens (primary N) is 1. The third-order valence-corrected chi connectivity index (χ3v) is 6.55. The van der Waals surface area contributed by atoms with E-state index in [2.05, 4.69) is 73.7 Å². The lowest BCUT2D eigenvalue weighted by molar-refractivity contribution is -0.613. The first-order valence-electron chi connectivity index (χ1n) is 10.6. The molecule has 0 amide bonds. The SMILES string of the molecule is Cc1cc(N)c(Br)cn1.Cc1cc([N+](=O)[O-])c(Br)c[n+]1[O-].Cc1ccc(Br)c[n+]1[O-].Cc1ccc(Br)cn1. The number of hydrogen-bond acceptors (Lipinski definition) is 7. The predicted octanol–water partition coefficient (Wildman–Crippen LogP) is 6.58. The zero-order valence-corrected chi connectivity index (χ0v) is 27.1. The van der Waals surface area contributed by atoms with Crippen LogP contribution in [0.4, 0.5) is 11.4 Å². The molecule has 0 saturated carbocycles. The van der Waals surface area contributed by atoms with Crippen molar-refractivity contribution in [3.63, 3.8) is 0 Å². The number of anilines is 1. The predicted molar refractivity (Wildman–Crippen MR) is 160 cm³/mol. The van der Waals surface area contributed by atoms with Gasteiger partial charge in [-0.05, 0) is 102 Å². The van der Waals surface area contributed by atoms with Gasteiger partial charge in [0.1, 0.15) is 0 Å². The van der Waals surface area contributed by atoms with Gasteiger partial charge in [-0.1, -0.05) is 0 Å². The van der Waals surface area contributed by atoms with Crippen molar-refractivity contribution in [3.05, 3.63) is 122 Å². The number of nitrogens with zero attached hydrogens (tertiary/aromatic N) is 5. The van der Waals surface area contributed by atoms with Crippen molar-refractivity contribution in [2.75, 3.05) is 5.73 Å². The molecule has 0 bridgehead atoms. The second-order valence-electron chi connectivity index (χ2n) is 7.51. The Morgan fingerprint density at radius 3 is 1.79 bits per heavy atom. The summed E-state index contributed by atoms with van der Waals surface area (Å²) in [7, 11) is 0. The van der Waals surface area contributed by atoms with Crippen molar-refractivity contribution < 1.29 is 14.4 Å². The lowest BCUT2D eigenvalue weighted by atomic mass is 10.3. The highest BCUT2D eigenvalue weighted by atomic mass is 79.9. The Morgan fingerprint density at radius 2 is 1.34 bits per heavy atom. The second-order valence-corrected chi connectivity index (χ2v) is 11.1. The fourth-order valence-corrected chi connectivity index (χ4v) is 3.50. The van der Waals surface area contributed by atoms with E-state index in [0.717, 1.165) is 41.4 Å². The largest absolute Gasteiger partial charge is 0.618 e. The van der Waals surface area contributed by atoms with Crippen LogP contribution in [0.1, 0.15) is 22.8 Å². The van der Waals surface area contributed by atoms with Gasteiger partial charge in [-0.25, -0.2) is 0 Å². The first-order valence-corrected chi connectivity index (χ1v) is 13.7. The third kappa shape index (κ3) is 12.2. The number of rotatable bonds is 1. The van der Waals surface area contributed by atoms with Gasteiger partial charge < -0.3 is 16.1 Å². The van der Waals surface area contributed by atoms with Gasteiger partial charge in [-0.3, -0.25) is 20.1 Å². The van der Waals surface area contributed by atoms with Crippen molar-refractivity contribution in [2.45, 2.75) is 27.7 Å². The average molecular weight is 780 g/mol. The van der Waals surface area contributed by atoms with Crippen molar-refractivity contribution in [3.8, 4) is 0 Å². The highest BCUT2D eigenvalue weighted by molar-refractivity contribution is 9.11. The number of nitrogen functional groups attached to an aromatic ring is 1. The van der Waals surface area contributed by atoms with Crippen molar-refractivity contribution in [1.29, 1.82) is 0 Å². The molecule has 0 unspecified atom stereocenters. The van der Waals surface area contributed by atoms with Gasteiger partial charge >= 0.3 is 0 Å². The molecule has 4 aromatic heterocycles. The van der Waals surface area contributed by atoms with Crippen LogP contribution >= 0.6 is 63.7 Å². The number of pyridine rings is 4. The summed E-state index contributed by atoms with van der Waals surface area (Å²) in [6.45, 7) is 7.14. The van der Waals surface area contributed by atoms with Crippen molar-refractivity contribution in [1.82, 2.24) is 9.97 Å². The Bertz CT molecular complexity index is 1300. The molecule has 0 spiro atoms. The normalized spacial score (nSPS) is 9.58. The molecule has 202 valence electrons. The molecule has 0 radical (unpaired) electrons. The Labute approximate surface area is 253 Å². The first-order chi connectivity index (χ1) is 17.7. The fourth-order valence-electron chi connectivity index (χ4n) is 2.29. The van der Waals surface area contributed by atoms with Crippen LogP contribution in [0.3, 0.4) is 0 Å². The minimum absolute atomic E-state index is 0.0976. The van der Waals surface area contributed by atoms with Gasteiger partial charge in [-0.2, -0.15) is 9.46 Å². The van der Waals surface area contributed by atoms with Crippen LogP contribution in [-0.4, -0.2) is 14.9 Å². The summed E-state index contributed by atoms with van der Waals surface area (Å²) < 4.78 is 4.27. The number of aryl methyl sites for hydroxylation is 4. The number of hydrogen-bond donors (Lipinski definition) is 1. The van der Waals surface area contributed by atoms with Crippen LogP contribution < -0.4 is 15.2 Å². The van der Waals surface area contributed by atoms with Gasteiger partial charge in [-0.15, -0.1) is 0 Å². The molecule has 0 saturated heterocycles. The van der Waals surface area contributed by atoms with Crippen LogP contribution in [0.25, 0.3) is 0 Å². The van der Waals surface area contributed by atoms with Crippen LogP contribution in [0.15, 0.2) is 79.1 Å². The summed E-state index contributed by atoms with van der Waals surface area (Å²) in [6.07, 6.45) is 6.09. The highest BCUT2D eigenvalue weighted by Gasteiger charge is 2.16. The van der Waals surface area contributed by atoms with E-state index in [1.807, 2.05) is 38.1 Å². The maximum Gasteiger partial charge on any atom is 0.295 e. The highest BCUT2D eigenvalue weighted by Crippen LogP contribution is 2.22. The van der Waals surface area contributed by atoms with E-state index in [9.17, 15) is 20.5 Å². The molecule has 10 nitrogen and oxygen atoms in total.